The Morgan fingerprint density at radius 3 is 2.47 bits per heavy atom. The molecule has 0 bridgehead atoms. The van der Waals surface area contributed by atoms with Crippen LogP contribution in [0, 0.1) is 5.82 Å². The number of carbonyl (C=O) groups excluding carboxylic acids is 1. The Balaban J connectivity index is 1.31. The topological polar surface area (TPSA) is 82.1 Å². The van der Waals surface area contributed by atoms with Gasteiger partial charge in [0.25, 0.3) is 5.91 Å². The van der Waals surface area contributed by atoms with E-state index in [1.165, 1.54) is 29.6 Å². The first-order valence-corrected chi connectivity index (χ1v) is 11.7. The summed E-state index contributed by atoms with van der Waals surface area (Å²) in [6, 6.07) is 12.2. The highest BCUT2D eigenvalue weighted by atomic mass is 19.1. The molecule has 186 valence electrons. The molecule has 36 heavy (non-hydrogen) atoms. The van der Waals surface area contributed by atoms with E-state index in [4.69, 9.17) is 5.48 Å². The second kappa shape index (κ2) is 9.94. The van der Waals surface area contributed by atoms with Gasteiger partial charge in [0.05, 0.1) is 19.6 Å². The molecular weight excluding hydrogens is 457 g/mol. The number of aromatic nitrogens is 4. The third-order valence-corrected chi connectivity index (χ3v) is 6.18. The Hall–Kier alpha value is -3.98. The lowest BCUT2D eigenvalue weighted by molar-refractivity contribution is 0.102. The molecule has 0 unspecified atom stereocenters. The van der Waals surface area contributed by atoms with Crippen molar-refractivity contribution in [2.45, 2.75) is 19.9 Å². The Bertz CT molecular complexity index is 1480. The largest absolute Gasteiger partial charge is 0.369 e. The number of carbonyl (C=O) groups is 1. The molecule has 2 aromatic carbocycles. The fraction of sp³-hybridized carbons (Fsp3) is 0.296. The number of piperazine rings is 1. The average molecular weight is 492 g/mol. The van der Waals surface area contributed by atoms with Crippen LogP contribution in [0.1, 0.15) is 35.8 Å². The molecule has 1 fully saturated rings. The van der Waals surface area contributed by atoms with Crippen molar-refractivity contribution in [3.63, 3.8) is 0 Å². The van der Waals surface area contributed by atoms with Gasteiger partial charge in [0, 0.05) is 53.2 Å². The standard InChI is InChI=1S/C27H30FN7O/c1-18(2)35-17-30-24(19-4-6-20(28)7-5-19)25(35)26-29-16-23(32-26)27(36)31-21-8-10-22(11-9-21)34-14-12-33(3)13-15-34/h4-11,16-18H,12-15H2,1-3H3,(H,29,32)(H,31,36)/i3D3,18D. The molecule has 0 radical (unpaired) electrons. The lowest BCUT2D eigenvalue weighted by atomic mass is 10.1. The summed E-state index contributed by atoms with van der Waals surface area (Å²) in [5.41, 5.74) is 3.44. The molecule has 2 aromatic heterocycles. The molecule has 4 aromatic rings. The van der Waals surface area contributed by atoms with E-state index < -0.39 is 18.9 Å². The van der Waals surface area contributed by atoms with Gasteiger partial charge in [-0.1, -0.05) is 0 Å². The molecule has 0 spiro atoms. The van der Waals surface area contributed by atoms with Gasteiger partial charge in [0.1, 0.15) is 17.2 Å². The molecular formula is C27H30FN7O. The van der Waals surface area contributed by atoms with Crippen LogP contribution in [-0.4, -0.2) is 63.5 Å². The molecule has 1 aliphatic heterocycles. The fourth-order valence-electron chi connectivity index (χ4n) is 4.21. The zero-order chi connectivity index (χ0) is 28.7. The minimum absolute atomic E-state index is 0.223. The highest BCUT2D eigenvalue weighted by Gasteiger charge is 2.21. The maximum Gasteiger partial charge on any atom is 0.273 e. The van der Waals surface area contributed by atoms with E-state index in [1.54, 1.807) is 42.7 Å². The lowest BCUT2D eigenvalue weighted by Crippen LogP contribution is -2.44. The molecule has 2 N–H and O–H groups in total. The Morgan fingerprint density at radius 2 is 1.81 bits per heavy atom. The summed E-state index contributed by atoms with van der Waals surface area (Å²) in [5, 5.41) is 2.86. The molecule has 1 saturated heterocycles. The number of rotatable bonds is 6. The zero-order valence-electron chi connectivity index (χ0n) is 24.1. The van der Waals surface area contributed by atoms with Gasteiger partial charge in [-0.3, -0.25) is 4.79 Å². The van der Waals surface area contributed by atoms with Crippen LogP contribution in [-0.2, 0) is 0 Å². The van der Waals surface area contributed by atoms with Crippen molar-refractivity contribution in [3.8, 4) is 22.8 Å². The first-order valence-electron chi connectivity index (χ1n) is 13.7. The predicted octanol–water partition coefficient (Wildman–Crippen LogP) is 4.66. The van der Waals surface area contributed by atoms with Crippen LogP contribution in [0.3, 0.4) is 0 Å². The number of halogens is 1. The van der Waals surface area contributed by atoms with E-state index in [1.807, 2.05) is 12.1 Å². The van der Waals surface area contributed by atoms with Gasteiger partial charge in [0.15, 0.2) is 5.82 Å². The van der Waals surface area contributed by atoms with Crippen molar-refractivity contribution in [2.24, 2.45) is 0 Å². The van der Waals surface area contributed by atoms with Gasteiger partial charge in [-0.2, -0.15) is 0 Å². The molecule has 0 saturated carbocycles. The van der Waals surface area contributed by atoms with Crippen molar-refractivity contribution >= 4 is 17.3 Å². The number of nitrogens with one attached hydrogen (secondary N) is 2. The van der Waals surface area contributed by atoms with Gasteiger partial charge < -0.3 is 24.7 Å². The monoisotopic (exact) mass is 491 g/mol. The van der Waals surface area contributed by atoms with E-state index in [9.17, 15) is 9.18 Å². The third kappa shape index (κ3) is 4.87. The number of benzene rings is 2. The number of anilines is 2. The van der Waals surface area contributed by atoms with E-state index in [-0.39, 0.29) is 11.5 Å². The molecule has 5 rings (SSSR count). The number of amides is 1. The van der Waals surface area contributed by atoms with E-state index in [0.29, 0.717) is 54.6 Å². The summed E-state index contributed by atoms with van der Waals surface area (Å²) in [4.78, 5) is 28.6. The Morgan fingerprint density at radius 1 is 1.08 bits per heavy atom. The minimum Gasteiger partial charge on any atom is -0.369 e. The van der Waals surface area contributed by atoms with Crippen molar-refractivity contribution in [1.82, 2.24) is 24.4 Å². The first kappa shape index (κ1) is 19.2. The summed E-state index contributed by atoms with van der Waals surface area (Å²) in [6.07, 6.45) is 2.96. The van der Waals surface area contributed by atoms with Gasteiger partial charge in [-0.15, -0.1) is 0 Å². The maximum atomic E-state index is 13.5. The fourth-order valence-corrected chi connectivity index (χ4v) is 4.21. The van der Waals surface area contributed by atoms with Crippen molar-refractivity contribution in [3.05, 3.63) is 72.6 Å². The van der Waals surface area contributed by atoms with Gasteiger partial charge in [-0.25, -0.2) is 14.4 Å². The van der Waals surface area contributed by atoms with E-state index >= 15 is 0 Å². The Labute approximate surface area is 215 Å². The zero-order valence-corrected chi connectivity index (χ0v) is 20.1. The van der Waals surface area contributed by atoms with Gasteiger partial charge >= 0.3 is 0 Å². The normalized spacial score (nSPS) is 16.7. The van der Waals surface area contributed by atoms with Crippen LogP contribution in [0.25, 0.3) is 22.8 Å². The van der Waals surface area contributed by atoms with E-state index in [0.717, 1.165) is 5.69 Å². The number of aromatic amines is 1. The number of nitrogens with zero attached hydrogens (tertiary/aromatic N) is 5. The average Bonchev–Trinajstić information content (AvgIpc) is 3.57. The second-order valence-electron chi connectivity index (χ2n) is 8.89. The molecule has 0 atom stereocenters. The van der Waals surface area contributed by atoms with Gasteiger partial charge in [0.2, 0.25) is 0 Å². The highest BCUT2D eigenvalue weighted by Crippen LogP contribution is 2.32. The number of likely N-dealkylation sites (N-methyl/N-ethyl adjacent to an activating group) is 1. The van der Waals surface area contributed by atoms with Crippen molar-refractivity contribution < 1.29 is 14.7 Å². The molecule has 1 aliphatic rings. The van der Waals surface area contributed by atoms with Crippen LogP contribution in [0.5, 0.6) is 0 Å². The molecule has 1 amide bonds. The van der Waals surface area contributed by atoms with Gasteiger partial charge in [-0.05, 0) is 69.4 Å². The van der Waals surface area contributed by atoms with Crippen LogP contribution in [0.2, 0.25) is 0 Å². The summed E-state index contributed by atoms with van der Waals surface area (Å²) >= 11 is 0. The van der Waals surface area contributed by atoms with Crippen LogP contribution in [0.15, 0.2) is 61.1 Å². The van der Waals surface area contributed by atoms with Crippen LogP contribution in [0.4, 0.5) is 15.8 Å². The third-order valence-electron chi connectivity index (χ3n) is 6.18. The quantitative estimate of drug-likeness (QED) is 0.410. The predicted molar refractivity (Wildman–Crippen MR) is 140 cm³/mol. The summed E-state index contributed by atoms with van der Waals surface area (Å²) in [5.74, 6) is -0.405. The maximum absolute atomic E-state index is 13.5. The molecule has 9 heteroatoms. The molecule has 0 aliphatic carbocycles. The van der Waals surface area contributed by atoms with Crippen LogP contribution < -0.4 is 10.2 Å². The molecule has 3 heterocycles. The van der Waals surface area contributed by atoms with Crippen LogP contribution >= 0.6 is 0 Å². The number of hydrogen-bond acceptors (Lipinski definition) is 5. The number of hydrogen-bond donors (Lipinski definition) is 2. The lowest BCUT2D eigenvalue weighted by Gasteiger charge is -2.34. The SMILES string of the molecule is [2H]C([2H])([2H])N1CCN(c2ccc(NC(=O)c3cnc(-c4c(-c5ccc(F)cc5)ncn4C([2H])(C)C)[nH]3)cc2)CC1. The van der Waals surface area contributed by atoms with Crippen molar-refractivity contribution in [1.29, 1.82) is 0 Å². The Kier molecular flexibility index (Phi) is 5.31. The summed E-state index contributed by atoms with van der Waals surface area (Å²) in [6.45, 7) is 3.46. The molecule has 8 nitrogen and oxygen atoms in total. The number of H-pyrrole nitrogens is 1. The van der Waals surface area contributed by atoms with E-state index in [2.05, 4.69) is 25.2 Å². The summed E-state index contributed by atoms with van der Waals surface area (Å²) in [7, 11) is 0. The first-order chi connectivity index (χ1) is 18.9. The minimum atomic E-state index is -2.08. The highest BCUT2D eigenvalue weighted by molar-refractivity contribution is 6.03. The summed E-state index contributed by atoms with van der Waals surface area (Å²) < 4.78 is 46.4. The second-order valence-corrected chi connectivity index (χ2v) is 8.89. The smallest absolute Gasteiger partial charge is 0.273 e. The van der Waals surface area contributed by atoms with Crippen molar-refractivity contribution in [2.75, 3.05) is 43.4 Å². The number of imidazole rings is 2.